The minimum absolute atomic E-state index is 0. The first kappa shape index (κ1) is 10.4. The third-order valence-electron chi connectivity index (χ3n) is 1.38. The maximum absolute atomic E-state index is 7.00. The lowest BCUT2D eigenvalue weighted by Gasteiger charge is -1.89. The number of hydrogen-bond acceptors (Lipinski definition) is 5. The molecule has 3 N–H and O–H groups in total. The molecule has 14 heavy (non-hydrogen) atoms. The molecule has 1 radical (unpaired) electrons. The molecule has 0 amide bonds. The molecule has 0 aliphatic heterocycles. The Morgan fingerprint density at radius 2 is 1.79 bits per heavy atom. The largest absolute Gasteiger partial charge is 0.482 e. The zero-order chi connectivity index (χ0) is 10.2. The Morgan fingerprint density at radius 1 is 1.14 bits per heavy atom. The van der Waals surface area contributed by atoms with Gasteiger partial charge in [0.05, 0.1) is 0 Å². The third-order valence-corrected chi connectivity index (χ3v) is 1.38. The highest BCUT2D eigenvalue weighted by molar-refractivity contribution is 6.13. The van der Waals surface area contributed by atoms with Crippen LogP contribution in [0.25, 0.3) is 11.4 Å². The van der Waals surface area contributed by atoms with Crippen LogP contribution in [0.15, 0.2) is 30.3 Å². The van der Waals surface area contributed by atoms with Gasteiger partial charge in [-0.2, -0.15) is 5.21 Å². The second kappa shape index (κ2) is 5.84. The molecule has 1 heterocycles. The summed E-state index contributed by atoms with van der Waals surface area (Å²) in [6, 6.07) is 9.69. The van der Waals surface area contributed by atoms with E-state index in [1.165, 1.54) is 0 Å². The van der Waals surface area contributed by atoms with Crippen molar-refractivity contribution in [1.82, 2.24) is 20.6 Å². The van der Waals surface area contributed by atoms with Crippen molar-refractivity contribution >= 4 is 7.69 Å². The molecule has 0 saturated heterocycles. The highest BCUT2D eigenvalue weighted by Crippen LogP contribution is 2.10. The Bertz CT molecular complexity index is 340. The van der Waals surface area contributed by atoms with Crippen molar-refractivity contribution in [3.8, 4) is 11.4 Å². The molecule has 0 fully saturated rings. The Kier molecular flexibility index (Phi) is 4.32. The van der Waals surface area contributed by atoms with E-state index in [1.807, 2.05) is 30.3 Å². The quantitative estimate of drug-likeness (QED) is 0.521. The van der Waals surface area contributed by atoms with Crippen LogP contribution in [-0.2, 0) is 0 Å². The van der Waals surface area contributed by atoms with Gasteiger partial charge in [0.25, 0.3) is 0 Å². The van der Waals surface area contributed by atoms with Crippen molar-refractivity contribution < 1.29 is 10.0 Å². The van der Waals surface area contributed by atoms with E-state index in [0.717, 1.165) is 5.56 Å². The van der Waals surface area contributed by atoms with Gasteiger partial charge in [0, 0.05) is 5.56 Å². The fourth-order valence-corrected chi connectivity index (χ4v) is 0.871. The number of tetrazole rings is 1. The molecule has 6 nitrogen and oxygen atoms in total. The van der Waals surface area contributed by atoms with E-state index in [4.69, 9.17) is 10.0 Å². The first-order valence-corrected chi connectivity index (χ1v) is 3.77. The first-order chi connectivity index (χ1) is 6.88. The van der Waals surface area contributed by atoms with Crippen LogP contribution in [0.3, 0.4) is 0 Å². The van der Waals surface area contributed by atoms with Crippen molar-refractivity contribution in [2.75, 3.05) is 0 Å². The number of aromatic nitrogens is 4. The van der Waals surface area contributed by atoms with Crippen LogP contribution in [0, 0.1) is 0 Å². The van der Waals surface area contributed by atoms with E-state index >= 15 is 0 Å². The van der Waals surface area contributed by atoms with Gasteiger partial charge < -0.3 is 10.0 Å². The standard InChI is InChI=1S/C7H6N4.BH2O2/c1-2-4-6(5-3-1)7-8-10-11-9-7;2-1-3/h1-5H,(H,8,9,10,11);2-3H. The number of aromatic amines is 1. The molecule has 0 spiro atoms. The second-order valence-corrected chi connectivity index (χ2v) is 2.22. The summed E-state index contributed by atoms with van der Waals surface area (Å²) in [5, 5.41) is 27.5. The van der Waals surface area contributed by atoms with Gasteiger partial charge >= 0.3 is 7.69 Å². The molecule has 0 atom stereocenters. The predicted molar refractivity (Wildman–Crippen MR) is 49.8 cm³/mol. The maximum atomic E-state index is 7.00. The molecule has 0 unspecified atom stereocenters. The number of nitrogens with zero attached hydrogens (tertiary/aromatic N) is 3. The Morgan fingerprint density at radius 3 is 2.29 bits per heavy atom. The molecule has 1 aromatic heterocycles. The lowest BCUT2D eigenvalue weighted by atomic mass is 10.2. The summed E-state index contributed by atoms with van der Waals surface area (Å²) in [7, 11) is 0. The van der Waals surface area contributed by atoms with Crippen LogP contribution < -0.4 is 0 Å². The Labute approximate surface area is 80.9 Å². The molecule has 71 valence electrons. The van der Waals surface area contributed by atoms with Gasteiger partial charge in [-0.25, -0.2) is 0 Å². The number of H-pyrrole nitrogens is 1. The van der Waals surface area contributed by atoms with Gasteiger partial charge in [0.2, 0.25) is 5.82 Å². The van der Waals surface area contributed by atoms with Crippen LogP contribution in [0.2, 0.25) is 0 Å². The van der Waals surface area contributed by atoms with E-state index in [1.54, 1.807) is 0 Å². The summed E-state index contributed by atoms with van der Waals surface area (Å²) in [5.41, 5.74) is 0.973. The molecule has 0 aliphatic rings. The zero-order valence-electron chi connectivity index (χ0n) is 7.20. The second-order valence-electron chi connectivity index (χ2n) is 2.22. The zero-order valence-corrected chi connectivity index (χ0v) is 7.20. The highest BCUT2D eigenvalue weighted by Gasteiger charge is 1.98. The van der Waals surface area contributed by atoms with Crippen LogP contribution in [-0.4, -0.2) is 38.4 Å². The highest BCUT2D eigenvalue weighted by atomic mass is 16.4. The van der Waals surface area contributed by atoms with Crippen molar-refractivity contribution in [3.05, 3.63) is 30.3 Å². The van der Waals surface area contributed by atoms with Crippen LogP contribution >= 0.6 is 0 Å². The van der Waals surface area contributed by atoms with E-state index in [9.17, 15) is 0 Å². The van der Waals surface area contributed by atoms with E-state index in [-0.39, 0.29) is 7.69 Å². The number of nitrogens with one attached hydrogen (secondary N) is 1. The first-order valence-electron chi connectivity index (χ1n) is 3.77. The molecule has 2 aromatic rings. The van der Waals surface area contributed by atoms with Gasteiger partial charge in [-0.3, -0.25) is 0 Å². The maximum Gasteiger partial charge on any atom is 0.482 e. The van der Waals surface area contributed by atoms with Gasteiger partial charge in [0.1, 0.15) is 0 Å². The van der Waals surface area contributed by atoms with Gasteiger partial charge in [-0.05, 0) is 5.21 Å². The van der Waals surface area contributed by atoms with Gasteiger partial charge in [-0.15, -0.1) is 10.2 Å². The fraction of sp³-hybridized carbons (Fsp3) is 0. The normalized spacial score (nSPS) is 8.71. The predicted octanol–water partition coefficient (Wildman–Crippen LogP) is -0.628. The number of hydrogen-bond donors (Lipinski definition) is 3. The summed E-state index contributed by atoms with van der Waals surface area (Å²) in [6.45, 7) is 0. The van der Waals surface area contributed by atoms with Crippen LogP contribution in [0.5, 0.6) is 0 Å². The molecular weight excluding hydrogens is 183 g/mol. The molecule has 2 rings (SSSR count). The summed E-state index contributed by atoms with van der Waals surface area (Å²) in [5.74, 6) is 0.630. The monoisotopic (exact) mass is 191 g/mol. The Balaban J connectivity index is 0.000000293. The Hall–Kier alpha value is -1.73. The SMILES string of the molecule is O[B]O.c1ccc(-c2nn[nH]n2)cc1. The molecule has 0 saturated carbocycles. The van der Waals surface area contributed by atoms with E-state index < -0.39 is 0 Å². The van der Waals surface area contributed by atoms with Crippen molar-refractivity contribution in [2.24, 2.45) is 0 Å². The lowest BCUT2D eigenvalue weighted by Crippen LogP contribution is -1.78. The minimum atomic E-state index is 0. The molecule has 0 aliphatic carbocycles. The lowest BCUT2D eigenvalue weighted by molar-refractivity contribution is 0.448. The number of rotatable bonds is 1. The molecule has 7 heteroatoms. The summed E-state index contributed by atoms with van der Waals surface area (Å²) >= 11 is 0. The molecular formula is C7H8BN4O2. The van der Waals surface area contributed by atoms with Crippen LogP contribution in [0.4, 0.5) is 0 Å². The fourth-order valence-electron chi connectivity index (χ4n) is 0.871. The van der Waals surface area contributed by atoms with E-state index in [0.29, 0.717) is 5.82 Å². The van der Waals surface area contributed by atoms with Gasteiger partial charge in [-0.1, -0.05) is 30.3 Å². The average Bonchev–Trinajstić information content (AvgIpc) is 2.73. The summed E-state index contributed by atoms with van der Waals surface area (Å²) < 4.78 is 0. The third kappa shape index (κ3) is 2.96. The minimum Gasteiger partial charge on any atom is -0.429 e. The average molecular weight is 191 g/mol. The summed E-state index contributed by atoms with van der Waals surface area (Å²) in [4.78, 5) is 0. The summed E-state index contributed by atoms with van der Waals surface area (Å²) in [6.07, 6.45) is 0. The molecule has 0 bridgehead atoms. The van der Waals surface area contributed by atoms with Crippen LogP contribution in [0.1, 0.15) is 0 Å². The smallest absolute Gasteiger partial charge is 0.429 e. The van der Waals surface area contributed by atoms with E-state index in [2.05, 4.69) is 20.6 Å². The van der Waals surface area contributed by atoms with Crippen molar-refractivity contribution in [1.29, 1.82) is 0 Å². The topological polar surface area (TPSA) is 94.9 Å². The van der Waals surface area contributed by atoms with Crippen molar-refractivity contribution in [3.63, 3.8) is 0 Å². The molecule has 1 aromatic carbocycles. The van der Waals surface area contributed by atoms with Crippen molar-refractivity contribution in [2.45, 2.75) is 0 Å². The number of benzene rings is 1. The van der Waals surface area contributed by atoms with Gasteiger partial charge in [0.15, 0.2) is 0 Å².